The quantitative estimate of drug-likeness (QED) is 0.500. The van der Waals surface area contributed by atoms with Crippen LogP contribution in [0, 0.1) is 5.41 Å². The number of nitrogens with one attached hydrogen (secondary N) is 1. The van der Waals surface area contributed by atoms with Crippen LogP contribution in [0.15, 0.2) is 46.0 Å². The van der Waals surface area contributed by atoms with Gasteiger partial charge in [0.2, 0.25) is 0 Å². The number of ether oxygens (including phenoxy) is 2. The molecule has 2 aromatic rings. The van der Waals surface area contributed by atoms with Gasteiger partial charge in [0.15, 0.2) is 0 Å². The van der Waals surface area contributed by atoms with Crippen molar-refractivity contribution in [2.75, 3.05) is 6.61 Å². The number of esters is 1. The minimum atomic E-state index is -1.58. The van der Waals surface area contributed by atoms with Gasteiger partial charge >= 0.3 is 11.7 Å². The van der Waals surface area contributed by atoms with E-state index in [1.807, 2.05) is 5.70 Å². The molecule has 0 spiro atoms. The Morgan fingerprint density at radius 3 is 2.69 bits per heavy atom. The average molecular weight is 460 g/mol. The number of hydrogen-bond donors (Lipinski definition) is 2. The summed E-state index contributed by atoms with van der Waals surface area (Å²) < 4.78 is 12.9. The lowest BCUT2D eigenvalue weighted by atomic mass is 9.84. The molecule has 1 aliphatic heterocycles. The summed E-state index contributed by atoms with van der Waals surface area (Å²) in [4.78, 5) is 43.8. The van der Waals surface area contributed by atoms with Gasteiger partial charge in [0.1, 0.15) is 18.4 Å². The fraction of sp³-hybridized carbons (Fsp3) is 0.455. The third-order valence-electron chi connectivity index (χ3n) is 5.33. The third kappa shape index (κ3) is 4.98. The fourth-order valence-electron chi connectivity index (χ4n) is 3.62. The van der Waals surface area contributed by atoms with Crippen LogP contribution in [-0.4, -0.2) is 52.5 Å². The van der Waals surface area contributed by atoms with Crippen LogP contribution < -0.4 is 11.2 Å². The number of carbonyl (C=O) groups excluding carboxylic acids is 1. The van der Waals surface area contributed by atoms with E-state index in [1.165, 1.54) is 17.0 Å². The van der Waals surface area contributed by atoms with E-state index in [0.717, 1.165) is 0 Å². The zero-order valence-electron chi connectivity index (χ0n) is 18.9. The number of pyridine rings is 1. The van der Waals surface area contributed by atoms with Crippen LogP contribution >= 0.6 is 0 Å². The lowest BCUT2D eigenvalue weighted by molar-refractivity contribution is -0.0552. The van der Waals surface area contributed by atoms with Crippen molar-refractivity contribution in [3.05, 3.63) is 68.4 Å². The van der Waals surface area contributed by atoms with Gasteiger partial charge in [0, 0.05) is 24.0 Å². The molecule has 32 heavy (non-hydrogen) atoms. The Labute approximate surface area is 186 Å². The van der Waals surface area contributed by atoms with Gasteiger partial charge in [-0.1, -0.05) is 45.3 Å². The largest absolute Gasteiger partial charge is 0.455 e. The van der Waals surface area contributed by atoms with Crippen LogP contribution in [0.3, 0.4) is 0 Å². The first-order chi connectivity index (χ1) is 14.9. The number of rotatable bonds is 6. The summed E-state index contributed by atoms with van der Waals surface area (Å²) in [6.07, 6.45) is 3.52. The van der Waals surface area contributed by atoms with Gasteiger partial charge in [0.25, 0.3) is 5.56 Å². The maximum absolute atomic E-state index is 12.6. The molecule has 0 aliphatic carbocycles. The average Bonchev–Trinajstić information content (AvgIpc) is 2.97. The number of carbonyl (C=O) groups is 1. The SMILES string of the molecule is CC1(C)C(OC(=O)c2cccnc2)C(CO)OC1n1cc(/C=C/[Si](C)(C)C)c(=O)[nH]c1=O. The van der Waals surface area contributed by atoms with E-state index < -0.39 is 55.7 Å². The molecule has 0 radical (unpaired) electrons. The van der Waals surface area contributed by atoms with Crippen LogP contribution in [0.25, 0.3) is 6.08 Å². The maximum atomic E-state index is 12.6. The number of H-pyrrole nitrogens is 1. The summed E-state index contributed by atoms with van der Waals surface area (Å²) in [6.45, 7) is 9.54. The number of aromatic nitrogens is 3. The minimum absolute atomic E-state index is 0.267. The van der Waals surface area contributed by atoms with Crippen molar-refractivity contribution >= 4 is 20.1 Å². The van der Waals surface area contributed by atoms with E-state index in [2.05, 4.69) is 29.6 Å². The first-order valence-corrected chi connectivity index (χ1v) is 13.9. The number of aliphatic hydroxyl groups excluding tert-OH is 1. The van der Waals surface area contributed by atoms with Gasteiger partial charge in [-0.05, 0) is 12.1 Å². The molecule has 9 nitrogen and oxygen atoms in total. The highest BCUT2D eigenvalue weighted by Crippen LogP contribution is 2.46. The molecule has 1 saturated heterocycles. The standard InChI is InChI=1S/C22H29N3O6Si/c1-22(2)17(31-19(28)14-7-6-9-23-11-14)16(13-26)30-20(22)25-12-15(8-10-32(3,4)5)18(27)24-21(25)29/h6-12,16-17,20,26H,13H2,1-5H3,(H,24,27,29)/b10-8+. The zero-order chi connectivity index (χ0) is 23.7. The van der Waals surface area contributed by atoms with Crippen LogP contribution in [0.5, 0.6) is 0 Å². The molecule has 0 bridgehead atoms. The predicted octanol–water partition coefficient (Wildman–Crippen LogP) is 1.96. The molecule has 1 fully saturated rings. The summed E-state index contributed by atoms with van der Waals surface area (Å²) in [5.74, 6) is -0.605. The zero-order valence-corrected chi connectivity index (χ0v) is 19.9. The van der Waals surface area contributed by atoms with Crippen molar-refractivity contribution in [2.45, 2.75) is 51.9 Å². The van der Waals surface area contributed by atoms with Gasteiger partial charge in [-0.15, -0.1) is 0 Å². The summed E-state index contributed by atoms with van der Waals surface area (Å²) in [5.41, 5.74) is 0.560. The minimum Gasteiger partial charge on any atom is -0.455 e. The lowest BCUT2D eigenvalue weighted by Gasteiger charge is -2.31. The molecule has 0 amide bonds. The van der Waals surface area contributed by atoms with Crippen molar-refractivity contribution in [1.29, 1.82) is 0 Å². The van der Waals surface area contributed by atoms with Crippen LogP contribution in [-0.2, 0) is 9.47 Å². The highest BCUT2D eigenvalue weighted by molar-refractivity contribution is 6.81. The van der Waals surface area contributed by atoms with Crippen molar-refractivity contribution in [1.82, 2.24) is 14.5 Å². The summed E-state index contributed by atoms with van der Waals surface area (Å²) in [5, 5.41) is 9.88. The first kappa shape index (κ1) is 23.8. The highest BCUT2D eigenvalue weighted by Gasteiger charge is 2.54. The van der Waals surface area contributed by atoms with E-state index in [4.69, 9.17) is 9.47 Å². The van der Waals surface area contributed by atoms with Crippen LogP contribution in [0.1, 0.15) is 36.0 Å². The van der Waals surface area contributed by atoms with Gasteiger partial charge < -0.3 is 14.6 Å². The Morgan fingerprint density at radius 1 is 1.38 bits per heavy atom. The van der Waals surface area contributed by atoms with Crippen molar-refractivity contribution in [3.63, 3.8) is 0 Å². The molecule has 3 unspecified atom stereocenters. The molecule has 2 N–H and O–H groups in total. The number of nitrogens with zero attached hydrogens (tertiary/aromatic N) is 2. The molecule has 1 aliphatic rings. The normalized spacial score (nSPS) is 22.9. The maximum Gasteiger partial charge on any atom is 0.340 e. The summed E-state index contributed by atoms with van der Waals surface area (Å²) in [7, 11) is -1.58. The molecule has 3 rings (SSSR count). The molecule has 10 heteroatoms. The molecule has 172 valence electrons. The predicted molar refractivity (Wildman–Crippen MR) is 122 cm³/mol. The lowest BCUT2D eigenvalue weighted by Crippen LogP contribution is -2.42. The van der Waals surface area contributed by atoms with Crippen LogP contribution in [0.4, 0.5) is 0 Å². The Bertz CT molecular complexity index is 1120. The second-order valence-electron chi connectivity index (χ2n) is 9.55. The molecular weight excluding hydrogens is 430 g/mol. The molecule has 0 aromatic carbocycles. The third-order valence-corrected chi connectivity index (χ3v) is 6.50. The van der Waals surface area contributed by atoms with E-state index in [-0.39, 0.29) is 5.56 Å². The van der Waals surface area contributed by atoms with Gasteiger partial charge in [-0.3, -0.25) is 19.3 Å². The molecule has 3 heterocycles. The second kappa shape index (κ2) is 8.97. The van der Waals surface area contributed by atoms with E-state index >= 15 is 0 Å². The number of aliphatic hydroxyl groups is 1. The Hall–Kier alpha value is -2.82. The van der Waals surface area contributed by atoms with Gasteiger partial charge in [-0.2, -0.15) is 0 Å². The molecule has 2 aromatic heterocycles. The highest BCUT2D eigenvalue weighted by atomic mass is 28.3. The number of hydrogen-bond acceptors (Lipinski definition) is 7. The van der Waals surface area contributed by atoms with Crippen molar-refractivity contribution < 1.29 is 19.4 Å². The monoisotopic (exact) mass is 459 g/mol. The van der Waals surface area contributed by atoms with E-state index in [0.29, 0.717) is 5.56 Å². The number of aromatic amines is 1. The van der Waals surface area contributed by atoms with Crippen molar-refractivity contribution in [2.24, 2.45) is 5.41 Å². The second-order valence-corrected chi connectivity index (χ2v) is 14.6. The topological polar surface area (TPSA) is 124 Å². The first-order valence-electron chi connectivity index (χ1n) is 10.4. The Kier molecular flexibility index (Phi) is 6.68. The molecular formula is C22H29N3O6Si. The Balaban J connectivity index is 1.97. The van der Waals surface area contributed by atoms with E-state index in [9.17, 15) is 19.5 Å². The van der Waals surface area contributed by atoms with Gasteiger partial charge in [-0.25, -0.2) is 9.59 Å². The Morgan fingerprint density at radius 2 is 2.09 bits per heavy atom. The van der Waals surface area contributed by atoms with Gasteiger partial charge in [0.05, 0.1) is 25.8 Å². The van der Waals surface area contributed by atoms with Crippen LogP contribution in [0.2, 0.25) is 19.6 Å². The fourth-order valence-corrected chi connectivity index (χ4v) is 4.30. The summed E-state index contributed by atoms with van der Waals surface area (Å²) in [6, 6.07) is 3.20. The smallest absolute Gasteiger partial charge is 0.340 e. The molecule has 0 saturated carbocycles. The summed E-state index contributed by atoms with van der Waals surface area (Å²) >= 11 is 0. The van der Waals surface area contributed by atoms with Crippen molar-refractivity contribution in [3.8, 4) is 0 Å². The van der Waals surface area contributed by atoms with E-state index in [1.54, 1.807) is 38.3 Å². The molecule has 3 atom stereocenters.